The Bertz CT molecular complexity index is 600. The van der Waals surface area contributed by atoms with E-state index >= 15 is 0 Å². The summed E-state index contributed by atoms with van der Waals surface area (Å²) < 4.78 is 2.13. The van der Waals surface area contributed by atoms with E-state index in [9.17, 15) is 0 Å². The van der Waals surface area contributed by atoms with E-state index in [1.54, 1.807) is 0 Å². The van der Waals surface area contributed by atoms with Gasteiger partial charge in [-0.1, -0.05) is 24.3 Å². The van der Waals surface area contributed by atoms with Crippen LogP contribution in [-0.2, 0) is 19.4 Å². The van der Waals surface area contributed by atoms with Crippen molar-refractivity contribution in [1.82, 2.24) is 15.1 Å². The summed E-state index contributed by atoms with van der Waals surface area (Å²) in [7, 11) is 2.07. The van der Waals surface area contributed by atoms with Gasteiger partial charge in [-0.2, -0.15) is 5.10 Å². The van der Waals surface area contributed by atoms with Gasteiger partial charge in [-0.3, -0.25) is 4.68 Å². The molecule has 0 bridgehead atoms. The summed E-state index contributed by atoms with van der Waals surface area (Å²) in [6.45, 7) is 5.17. The Morgan fingerprint density at radius 2 is 2.20 bits per heavy atom. The van der Waals surface area contributed by atoms with E-state index in [2.05, 4.69) is 66.3 Å². The van der Waals surface area contributed by atoms with E-state index in [4.69, 9.17) is 0 Å². The van der Waals surface area contributed by atoms with E-state index in [-0.39, 0.29) is 0 Å². The minimum absolute atomic E-state index is 0.492. The number of aryl methyl sites for hydroxylation is 2. The number of nitrogens with one attached hydrogen (secondary N) is 1. The van der Waals surface area contributed by atoms with Gasteiger partial charge in [-0.25, -0.2) is 0 Å². The molecule has 0 aliphatic heterocycles. The van der Waals surface area contributed by atoms with Gasteiger partial charge in [0.05, 0.1) is 5.69 Å². The maximum absolute atomic E-state index is 4.55. The summed E-state index contributed by atoms with van der Waals surface area (Å²) >= 11 is 0. The highest BCUT2D eigenvalue weighted by Crippen LogP contribution is 2.38. The molecule has 1 aliphatic rings. The lowest BCUT2D eigenvalue weighted by Crippen LogP contribution is -2.40. The molecule has 0 fully saturated rings. The van der Waals surface area contributed by atoms with Crippen LogP contribution >= 0.6 is 0 Å². The molecule has 2 unspecified atom stereocenters. The molecule has 0 saturated heterocycles. The number of benzene rings is 1. The van der Waals surface area contributed by atoms with Crippen LogP contribution in [0.2, 0.25) is 0 Å². The fraction of sp³-hybridized carbons (Fsp3) is 0.471. The second kappa shape index (κ2) is 5.41. The van der Waals surface area contributed by atoms with E-state index in [0.717, 1.165) is 18.7 Å². The average Bonchev–Trinajstić information content (AvgIpc) is 2.79. The van der Waals surface area contributed by atoms with Gasteiger partial charge in [0.15, 0.2) is 0 Å². The van der Waals surface area contributed by atoms with Crippen molar-refractivity contribution in [3.8, 4) is 0 Å². The van der Waals surface area contributed by atoms with Crippen LogP contribution in [0, 0.1) is 6.92 Å². The van der Waals surface area contributed by atoms with Gasteiger partial charge >= 0.3 is 0 Å². The standard InChI is InChI=1S/C17H23N3/c1-4-20-14(9-12(2)19-20)11-17(18-3)16-10-13-7-5-6-8-15(13)16/h5-9,16-18H,4,10-11H2,1-3H3. The van der Waals surface area contributed by atoms with Crippen molar-refractivity contribution in [3.05, 3.63) is 52.8 Å². The molecule has 1 aromatic heterocycles. The Balaban J connectivity index is 1.79. The number of fused-ring (bicyclic) bond motifs is 1. The molecular formula is C17H23N3. The molecule has 1 aliphatic carbocycles. The van der Waals surface area contributed by atoms with Crippen molar-refractivity contribution in [1.29, 1.82) is 0 Å². The molecule has 2 atom stereocenters. The van der Waals surface area contributed by atoms with Crippen LogP contribution in [0.5, 0.6) is 0 Å². The zero-order chi connectivity index (χ0) is 14.1. The highest BCUT2D eigenvalue weighted by atomic mass is 15.3. The molecule has 1 heterocycles. The van der Waals surface area contributed by atoms with Gasteiger partial charge in [0.25, 0.3) is 0 Å². The van der Waals surface area contributed by atoms with E-state index in [0.29, 0.717) is 12.0 Å². The molecule has 1 aromatic carbocycles. The summed E-state index contributed by atoms with van der Waals surface area (Å²) in [5.74, 6) is 0.636. The third kappa shape index (κ3) is 2.27. The van der Waals surface area contributed by atoms with Crippen LogP contribution in [0.15, 0.2) is 30.3 Å². The van der Waals surface area contributed by atoms with Crippen LogP contribution in [0.4, 0.5) is 0 Å². The van der Waals surface area contributed by atoms with Crippen LogP contribution in [0.1, 0.15) is 35.4 Å². The fourth-order valence-electron chi connectivity index (χ4n) is 3.36. The average molecular weight is 269 g/mol. The topological polar surface area (TPSA) is 29.9 Å². The molecule has 3 heteroatoms. The van der Waals surface area contributed by atoms with Gasteiger partial charge in [0.1, 0.15) is 0 Å². The SMILES string of the molecule is CCn1nc(C)cc1CC(NC)C1Cc2ccccc21. The lowest BCUT2D eigenvalue weighted by atomic mass is 9.72. The molecule has 1 N–H and O–H groups in total. The first-order valence-electron chi connectivity index (χ1n) is 7.51. The van der Waals surface area contributed by atoms with Gasteiger partial charge in [0, 0.05) is 30.6 Å². The van der Waals surface area contributed by atoms with Crippen LogP contribution in [0.3, 0.4) is 0 Å². The summed E-state index contributed by atoms with van der Waals surface area (Å²) in [5.41, 5.74) is 5.49. The van der Waals surface area contributed by atoms with Gasteiger partial charge in [0.2, 0.25) is 0 Å². The van der Waals surface area contributed by atoms with Crippen molar-refractivity contribution in [2.75, 3.05) is 7.05 Å². The Labute approximate surface area is 121 Å². The summed E-state index contributed by atoms with van der Waals surface area (Å²) in [5, 5.41) is 8.07. The summed E-state index contributed by atoms with van der Waals surface area (Å²) in [4.78, 5) is 0. The predicted octanol–water partition coefficient (Wildman–Crippen LogP) is 2.68. The summed E-state index contributed by atoms with van der Waals surface area (Å²) in [6.07, 6.45) is 2.24. The second-order valence-electron chi connectivity index (χ2n) is 5.70. The lowest BCUT2D eigenvalue weighted by molar-refractivity contribution is 0.411. The van der Waals surface area contributed by atoms with Crippen molar-refractivity contribution in [2.45, 2.75) is 45.2 Å². The van der Waals surface area contributed by atoms with Gasteiger partial charge in [-0.15, -0.1) is 0 Å². The van der Waals surface area contributed by atoms with Crippen molar-refractivity contribution in [3.63, 3.8) is 0 Å². The Morgan fingerprint density at radius 3 is 2.90 bits per heavy atom. The van der Waals surface area contributed by atoms with E-state index in [1.165, 1.54) is 23.2 Å². The largest absolute Gasteiger partial charge is 0.316 e. The fourth-order valence-corrected chi connectivity index (χ4v) is 3.36. The molecule has 0 spiro atoms. The monoisotopic (exact) mass is 269 g/mol. The third-order valence-electron chi connectivity index (χ3n) is 4.46. The van der Waals surface area contributed by atoms with Crippen LogP contribution < -0.4 is 5.32 Å². The number of likely N-dealkylation sites (N-methyl/N-ethyl adjacent to an activating group) is 1. The number of rotatable bonds is 5. The van der Waals surface area contributed by atoms with Crippen molar-refractivity contribution >= 4 is 0 Å². The minimum atomic E-state index is 0.492. The number of hydrogen-bond acceptors (Lipinski definition) is 2. The molecular weight excluding hydrogens is 246 g/mol. The zero-order valence-corrected chi connectivity index (χ0v) is 12.6. The molecule has 0 amide bonds. The van der Waals surface area contributed by atoms with Crippen molar-refractivity contribution in [2.24, 2.45) is 0 Å². The normalized spacial score (nSPS) is 18.4. The predicted molar refractivity (Wildman–Crippen MR) is 82.1 cm³/mol. The first kappa shape index (κ1) is 13.4. The maximum Gasteiger partial charge on any atom is 0.0596 e. The quantitative estimate of drug-likeness (QED) is 0.904. The molecule has 2 aromatic rings. The lowest BCUT2D eigenvalue weighted by Gasteiger charge is -2.36. The molecule has 0 radical (unpaired) electrons. The molecule has 20 heavy (non-hydrogen) atoms. The zero-order valence-electron chi connectivity index (χ0n) is 12.6. The molecule has 0 saturated carbocycles. The van der Waals surface area contributed by atoms with Crippen LogP contribution in [-0.4, -0.2) is 22.9 Å². The van der Waals surface area contributed by atoms with Gasteiger partial charge in [-0.05, 0) is 44.5 Å². The minimum Gasteiger partial charge on any atom is -0.316 e. The Kier molecular flexibility index (Phi) is 3.62. The van der Waals surface area contributed by atoms with E-state index < -0.39 is 0 Å². The maximum atomic E-state index is 4.55. The van der Waals surface area contributed by atoms with Crippen molar-refractivity contribution < 1.29 is 0 Å². The summed E-state index contributed by atoms with van der Waals surface area (Å²) in [6, 6.07) is 11.5. The van der Waals surface area contributed by atoms with Crippen LogP contribution in [0.25, 0.3) is 0 Å². The third-order valence-corrected chi connectivity index (χ3v) is 4.46. The highest BCUT2D eigenvalue weighted by molar-refractivity contribution is 5.41. The Hall–Kier alpha value is -1.61. The first-order chi connectivity index (χ1) is 9.72. The Morgan fingerprint density at radius 1 is 1.40 bits per heavy atom. The molecule has 3 rings (SSSR count). The van der Waals surface area contributed by atoms with Gasteiger partial charge < -0.3 is 5.32 Å². The second-order valence-corrected chi connectivity index (χ2v) is 5.70. The number of hydrogen-bond donors (Lipinski definition) is 1. The molecule has 3 nitrogen and oxygen atoms in total. The number of nitrogens with zero attached hydrogens (tertiary/aromatic N) is 2. The smallest absolute Gasteiger partial charge is 0.0596 e. The highest BCUT2D eigenvalue weighted by Gasteiger charge is 2.32. The molecule has 106 valence electrons. The first-order valence-corrected chi connectivity index (χ1v) is 7.51. The number of aromatic nitrogens is 2. The van der Waals surface area contributed by atoms with E-state index in [1.807, 2.05) is 0 Å².